The van der Waals surface area contributed by atoms with Crippen LogP contribution in [0.5, 0.6) is 0 Å². The van der Waals surface area contributed by atoms with Crippen LogP contribution in [0.2, 0.25) is 0 Å². The maximum atomic E-state index is 13.3. The van der Waals surface area contributed by atoms with Crippen LogP contribution in [0.15, 0.2) is 18.2 Å². The van der Waals surface area contributed by atoms with Crippen molar-refractivity contribution in [2.45, 2.75) is 32.4 Å². The minimum absolute atomic E-state index is 0.0661. The van der Waals surface area contributed by atoms with Crippen molar-refractivity contribution in [1.29, 1.82) is 0 Å². The molecule has 1 N–H and O–H groups in total. The highest BCUT2D eigenvalue weighted by Crippen LogP contribution is 2.29. The van der Waals surface area contributed by atoms with E-state index in [0.29, 0.717) is 12.6 Å². The minimum atomic E-state index is -0.0661. The summed E-state index contributed by atoms with van der Waals surface area (Å²) in [4.78, 5) is 0. The first-order chi connectivity index (χ1) is 6.33. The zero-order valence-electron chi connectivity index (χ0n) is 7.81. The van der Waals surface area contributed by atoms with Crippen LogP contribution >= 0.6 is 0 Å². The summed E-state index contributed by atoms with van der Waals surface area (Å²) in [5.41, 5.74) is 2.02. The molecule has 0 aliphatic carbocycles. The molecular formula is C11H14FN. The zero-order chi connectivity index (χ0) is 9.26. The summed E-state index contributed by atoms with van der Waals surface area (Å²) in [7, 11) is 0. The number of hydrogen-bond acceptors (Lipinski definition) is 1. The van der Waals surface area contributed by atoms with Crippen LogP contribution in [0.3, 0.4) is 0 Å². The zero-order valence-corrected chi connectivity index (χ0v) is 7.81. The molecule has 2 heteroatoms. The van der Waals surface area contributed by atoms with Gasteiger partial charge in [-0.25, -0.2) is 4.39 Å². The van der Waals surface area contributed by atoms with Gasteiger partial charge in [0.15, 0.2) is 0 Å². The Morgan fingerprint density at radius 2 is 2.38 bits per heavy atom. The van der Waals surface area contributed by atoms with Crippen molar-refractivity contribution < 1.29 is 4.39 Å². The Balaban J connectivity index is 2.32. The highest BCUT2D eigenvalue weighted by molar-refractivity contribution is 5.34. The van der Waals surface area contributed by atoms with E-state index in [0.717, 1.165) is 24.0 Å². The first kappa shape index (κ1) is 8.70. The molecule has 1 aromatic carbocycles. The van der Waals surface area contributed by atoms with Crippen molar-refractivity contribution in [1.82, 2.24) is 5.32 Å². The number of rotatable bonds is 2. The van der Waals surface area contributed by atoms with E-state index in [1.807, 2.05) is 6.07 Å². The summed E-state index contributed by atoms with van der Waals surface area (Å²) in [6.45, 7) is 2.84. The second-order valence-corrected chi connectivity index (χ2v) is 3.53. The van der Waals surface area contributed by atoms with E-state index in [1.165, 1.54) is 6.07 Å². The predicted molar refractivity (Wildman–Crippen MR) is 50.9 cm³/mol. The number of benzene rings is 1. The SMILES string of the molecule is CCCC1NCc2c(F)cccc21. The summed E-state index contributed by atoms with van der Waals surface area (Å²) in [6.07, 6.45) is 2.23. The molecule has 70 valence electrons. The number of halogens is 1. The molecule has 1 atom stereocenters. The van der Waals surface area contributed by atoms with Gasteiger partial charge in [-0.3, -0.25) is 0 Å². The summed E-state index contributed by atoms with van der Waals surface area (Å²) in [6, 6.07) is 5.73. The highest BCUT2D eigenvalue weighted by atomic mass is 19.1. The molecular weight excluding hydrogens is 165 g/mol. The van der Waals surface area contributed by atoms with E-state index >= 15 is 0 Å². The minimum Gasteiger partial charge on any atom is -0.306 e. The fourth-order valence-electron chi connectivity index (χ4n) is 1.97. The molecule has 0 radical (unpaired) electrons. The van der Waals surface area contributed by atoms with Crippen molar-refractivity contribution in [2.24, 2.45) is 0 Å². The van der Waals surface area contributed by atoms with Gasteiger partial charge in [0.25, 0.3) is 0 Å². The van der Waals surface area contributed by atoms with Gasteiger partial charge in [-0.05, 0) is 18.1 Å². The molecule has 1 heterocycles. The van der Waals surface area contributed by atoms with Gasteiger partial charge in [-0.1, -0.05) is 25.5 Å². The Bertz CT molecular complexity index is 309. The van der Waals surface area contributed by atoms with Crippen LogP contribution in [0, 0.1) is 5.82 Å². The third-order valence-corrected chi connectivity index (χ3v) is 2.63. The third-order valence-electron chi connectivity index (χ3n) is 2.63. The number of hydrogen-bond donors (Lipinski definition) is 1. The molecule has 0 aromatic heterocycles. The molecule has 0 saturated carbocycles. The molecule has 1 nitrogen and oxygen atoms in total. The second-order valence-electron chi connectivity index (χ2n) is 3.53. The molecule has 1 aliphatic rings. The maximum Gasteiger partial charge on any atom is 0.128 e. The Morgan fingerprint density at radius 3 is 3.15 bits per heavy atom. The molecule has 13 heavy (non-hydrogen) atoms. The van der Waals surface area contributed by atoms with E-state index in [-0.39, 0.29) is 5.82 Å². The molecule has 0 saturated heterocycles. The lowest BCUT2D eigenvalue weighted by molar-refractivity contribution is 0.533. The predicted octanol–water partition coefficient (Wildman–Crippen LogP) is 2.77. The van der Waals surface area contributed by atoms with Crippen LogP contribution in [0.4, 0.5) is 4.39 Å². The summed E-state index contributed by atoms with van der Waals surface area (Å²) in [5.74, 6) is -0.0661. The summed E-state index contributed by atoms with van der Waals surface area (Å²) >= 11 is 0. The van der Waals surface area contributed by atoms with Crippen LogP contribution in [0.25, 0.3) is 0 Å². The van der Waals surface area contributed by atoms with Crippen molar-refractivity contribution in [2.75, 3.05) is 0 Å². The Morgan fingerprint density at radius 1 is 1.54 bits per heavy atom. The van der Waals surface area contributed by atoms with Crippen LogP contribution in [-0.2, 0) is 6.54 Å². The third kappa shape index (κ3) is 1.46. The number of nitrogens with one attached hydrogen (secondary N) is 1. The molecule has 2 rings (SSSR count). The maximum absolute atomic E-state index is 13.3. The molecule has 0 fully saturated rings. The molecule has 0 bridgehead atoms. The monoisotopic (exact) mass is 179 g/mol. The van der Waals surface area contributed by atoms with Crippen molar-refractivity contribution in [3.8, 4) is 0 Å². The van der Waals surface area contributed by atoms with Crippen LogP contribution in [-0.4, -0.2) is 0 Å². The average molecular weight is 179 g/mol. The van der Waals surface area contributed by atoms with Gasteiger partial charge in [0.05, 0.1) is 0 Å². The normalized spacial score (nSPS) is 20.3. The topological polar surface area (TPSA) is 12.0 Å². The molecule has 0 spiro atoms. The molecule has 1 unspecified atom stereocenters. The van der Waals surface area contributed by atoms with Crippen molar-refractivity contribution in [3.63, 3.8) is 0 Å². The summed E-state index contributed by atoms with van der Waals surface area (Å²) in [5, 5.41) is 3.32. The van der Waals surface area contributed by atoms with Gasteiger partial charge in [-0.2, -0.15) is 0 Å². The Labute approximate surface area is 78.0 Å². The van der Waals surface area contributed by atoms with Crippen molar-refractivity contribution >= 4 is 0 Å². The standard InChI is InChI=1S/C11H14FN/c1-2-4-11-8-5-3-6-10(12)9(8)7-13-11/h3,5-6,11,13H,2,4,7H2,1H3. The highest BCUT2D eigenvalue weighted by Gasteiger charge is 2.22. The van der Waals surface area contributed by atoms with Gasteiger partial charge < -0.3 is 5.32 Å². The van der Waals surface area contributed by atoms with Gasteiger partial charge in [0, 0.05) is 18.2 Å². The molecule has 1 aromatic rings. The van der Waals surface area contributed by atoms with Crippen molar-refractivity contribution in [3.05, 3.63) is 35.1 Å². The average Bonchev–Trinajstić information content (AvgIpc) is 2.51. The van der Waals surface area contributed by atoms with E-state index in [1.54, 1.807) is 6.07 Å². The van der Waals surface area contributed by atoms with Gasteiger partial charge in [0.1, 0.15) is 5.82 Å². The lowest BCUT2D eigenvalue weighted by Crippen LogP contribution is -2.11. The van der Waals surface area contributed by atoms with Crippen LogP contribution in [0.1, 0.15) is 36.9 Å². The molecule has 0 amide bonds. The van der Waals surface area contributed by atoms with E-state index in [2.05, 4.69) is 12.2 Å². The van der Waals surface area contributed by atoms with Gasteiger partial charge in [0.2, 0.25) is 0 Å². The fourth-order valence-corrected chi connectivity index (χ4v) is 1.97. The first-order valence-electron chi connectivity index (χ1n) is 4.83. The quantitative estimate of drug-likeness (QED) is 0.736. The largest absolute Gasteiger partial charge is 0.306 e. The fraction of sp³-hybridized carbons (Fsp3) is 0.455. The molecule has 1 aliphatic heterocycles. The van der Waals surface area contributed by atoms with E-state index in [4.69, 9.17) is 0 Å². The number of fused-ring (bicyclic) bond motifs is 1. The van der Waals surface area contributed by atoms with E-state index in [9.17, 15) is 4.39 Å². The van der Waals surface area contributed by atoms with Gasteiger partial charge in [-0.15, -0.1) is 0 Å². The van der Waals surface area contributed by atoms with E-state index < -0.39 is 0 Å². The first-order valence-corrected chi connectivity index (χ1v) is 4.83. The smallest absolute Gasteiger partial charge is 0.128 e. The lowest BCUT2D eigenvalue weighted by atomic mass is 10.0. The Hall–Kier alpha value is -0.890. The second kappa shape index (κ2) is 3.46. The lowest BCUT2D eigenvalue weighted by Gasteiger charge is -2.09. The van der Waals surface area contributed by atoms with Crippen LogP contribution < -0.4 is 5.32 Å². The van der Waals surface area contributed by atoms with Gasteiger partial charge >= 0.3 is 0 Å². The summed E-state index contributed by atoms with van der Waals surface area (Å²) < 4.78 is 13.3. The Kier molecular flexibility index (Phi) is 2.32.